The highest BCUT2D eigenvalue weighted by Crippen LogP contribution is 2.39. The van der Waals surface area contributed by atoms with Crippen LogP contribution in [0.1, 0.15) is 15.9 Å². The third kappa shape index (κ3) is 4.19. The summed E-state index contributed by atoms with van der Waals surface area (Å²) < 4.78 is 44.4. The zero-order valence-electron chi connectivity index (χ0n) is 17.8. The summed E-state index contributed by atoms with van der Waals surface area (Å²) in [7, 11) is 0.875. The largest absolute Gasteiger partial charge is 0.493 e. The molecular formula is C23H22N2O6S. The molecule has 3 aromatic rings. The first-order valence-corrected chi connectivity index (χ1v) is 11.4. The number of rotatable bonds is 6. The maximum absolute atomic E-state index is 13.0. The predicted octanol–water partition coefficient (Wildman–Crippen LogP) is 4.03. The zero-order chi connectivity index (χ0) is 22.9. The van der Waals surface area contributed by atoms with Crippen molar-refractivity contribution in [3.05, 3.63) is 71.8 Å². The second-order valence-corrected chi connectivity index (χ2v) is 8.92. The van der Waals surface area contributed by atoms with E-state index in [1.54, 1.807) is 49.5 Å². The Bertz CT molecular complexity index is 1290. The molecule has 0 atom stereocenters. The Labute approximate surface area is 186 Å². The Morgan fingerprint density at radius 2 is 1.69 bits per heavy atom. The van der Waals surface area contributed by atoms with Crippen LogP contribution >= 0.6 is 0 Å². The minimum atomic E-state index is -3.76. The van der Waals surface area contributed by atoms with E-state index in [9.17, 15) is 13.2 Å². The van der Waals surface area contributed by atoms with Crippen molar-refractivity contribution in [1.82, 2.24) is 0 Å². The molecule has 1 aliphatic rings. The van der Waals surface area contributed by atoms with Gasteiger partial charge in [-0.2, -0.15) is 0 Å². The normalized spacial score (nSPS) is 12.8. The van der Waals surface area contributed by atoms with Crippen LogP contribution in [0, 0.1) is 0 Å². The molecule has 4 rings (SSSR count). The molecule has 0 radical (unpaired) electrons. The van der Waals surface area contributed by atoms with E-state index in [0.29, 0.717) is 34.2 Å². The molecule has 0 spiro atoms. The first-order chi connectivity index (χ1) is 15.3. The maximum atomic E-state index is 13.0. The number of hydrogen-bond acceptors (Lipinski definition) is 6. The van der Waals surface area contributed by atoms with Crippen LogP contribution in [-0.4, -0.2) is 35.6 Å². The number of methoxy groups -OCH3 is 2. The molecule has 0 saturated carbocycles. The van der Waals surface area contributed by atoms with Crippen LogP contribution in [0.4, 0.5) is 11.4 Å². The molecule has 9 heteroatoms. The van der Waals surface area contributed by atoms with Gasteiger partial charge in [0.1, 0.15) is 5.75 Å². The standard InChI is InChI=1S/C23H22N2O6S/c1-25-18-6-4-5-7-20(18)31-19-11-9-16(13-17(19)23(25)26)24-32(27,28)14-15-8-10-21(29-2)22(12-15)30-3/h4-13,24H,14H2,1-3H3. The highest BCUT2D eigenvalue weighted by atomic mass is 32.2. The third-order valence-corrected chi connectivity index (χ3v) is 6.30. The molecule has 32 heavy (non-hydrogen) atoms. The van der Waals surface area contributed by atoms with Crippen molar-refractivity contribution in [1.29, 1.82) is 0 Å². The van der Waals surface area contributed by atoms with E-state index in [-0.39, 0.29) is 22.9 Å². The number of sulfonamides is 1. The topological polar surface area (TPSA) is 94.2 Å². The molecule has 0 fully saturated rings. The monoisotopic (exact) mass is 454 g/mol. The van der Waals surface area contributed by atoms with Crippen LogP contribution in [0.5, 0.6) is 23.0 Å². The summed E-state index contributed by atoms with van der Waals surface area (Å²) in [6.07, 6.45) is 0. The van der Waals surface area contributed by atoms with Gasteiger partial charge in [-0.1, -0.05) is 18.2 Å². The zero-order valence-corrected chi connectivity index (χ0v) is 18.6. The lowest BCUT2D eigenvalue weighted by atomic mass is 10.1. The van der Waals surface area contributed by atoms with E-state index in [1.807, 2.05) is 12.1 Å². The molecule has 1 aliphatic heterocycles. The van der Waals surface area contributed by atoms with Crippen LogP contribution in [0.2, 0.25) is 0 Å². The fraction of sp³-hybridized carbons (Fsp3) is 0.174. The first kappa shape index (κ1) is 21.5. The smallest absolute Gasteiger partial charge is 0.261 e. The Morgan fingerprint density at radius 1 is 0.938 bits per heavy atom. The quantitative estimate of drug-likeness (QED) is 0.604. The van der Waals surface area contributed by atoms with Gasteiger partial charge in [-0.05, 0) is 48.0 Å². The van der Waals surface area contributed by atoms with Crippen molar-refractivity contribution in [2.75, 3.05) is 30.9 Å². The van der Waals surface area contributed by atoms with Crippen molar-refractivity contribution in [3.63, 3.8) is 0 Å². The van der Waals surface area contributed by atoms with E-state index in [4.69, 9.17) is 14.2 Å². The fourth-order valence-corrected chi connectivity index (χ4v) is 4.66. The number of anilines is 2. The number of para-hydroxylation sites is 2. The van der Waals surface area contributed by atoms with Crippen LogP contribution in [-0.2, 0) is 15.8 Å². The van der Waals surface area contributed by atoms with Crippen molar-refractivity contribution in [2.45, 2.75) is 5.75 Å². The Balaban J connectivity index is 1.59. The Kier molecular flexibility index (Phi) is 5.67. The predicted molar refractivity (Wildman–Crippen MR) is 121 cm³/mol. The number of amides is 1. The molecule has 1 amide bonds. The maximum Gasteiger partial charge on any atom is 0.261 e. The fourth-order valence-electron chi connectivity index (χ4n) is 3.48. The molecule has 0 bridgehead atoms. The van der Waals surface area contributed by atoms with Gasteiger partial charge in [0.15, 0.2) is 17.2 Å². The Morgan fingerprint density at radius 3 is 2.44 bits per heavy atom. The molecule has 1 heterocycles. The molecule has 166 valence electrons. The van der Waals surface area contributed by atoms with Gasteiger partial charge in [-0.3, -0.25) is 9.52 Å². The molecule has 0 aliphatic carbocycles. The summed E-state index contributed by atoms with van der Waals surface area (Å²) in [6.45, 7) is 0. The summed E-state index contributed by atoms with van der Waals surface area (Å²) in [6, 6.07) is 16.7. The summed E-state index contributed by atoms with van der Waals surface area (Å²) in [5.41, 5.74) is 1.68. The van der Waals surface area contributed by atoms with Crippen LogP contribution in [0.25, 0.3) is 0 Å². The van der Waals surface area contributed by atoms with Gasteiger partial charge in [0, 0.05) is 12.7 Å². The molecule has 0 aromatic heterocycles. The number of carbonyl (C=O) groups is 1. The summed E-state index contributed by atoms with van der Waals surface area (Å²) in [5, 5.41) is 0. The molecular weight excluding hydrogens is 432 g/mol. The van der Waals surface area contributed by atoms with Crippen molar-refractivity contribution in [3.8, 4) is 23.0 Å². The molecule has 0 unspecified atom stereocenters. The van der Waals surface area contributed by atoms with E-state index >= 15 is 0 Å². The van der Waals surface area contributed by atoms with Crippen LogP contribution in [0.3, 0.4) is 0 Å². The summed E-state index contributed by atoms with van der Waals surface area (Å²) in [4.78, 5) is 14.5. The van der Waals surface area contributed by atoms with E-state index in [2.05, 4.69) is 4.72 Å². The molecule has 0 saturated heterocycles. The number of benzene rings is 3. The number of nitrogens with one attached hydrogen (secondary N) is 1. The van der Waals surface area contributed by atoms with Gasteiger partial charge in [-0.15, -0.1) is 0 Å². The highest BCUT2D eigenvalue weighted by Gasteiger charge is 2.26. The lowest BCUT2D eigenvalue weighted by molar-refractivity contribution is 0.0993. The number of hydrogen-bond donors (Lipinski definition) is 1. The van der Waals surface area contributed by atoms with Crippen molar-refractivity contribution in [2.24, 2.45) is 0 Å². The van der Waals surface area contributed by atoms with Gasteiger partial charge in [0.25, 0.3) is 5.91 Å². The molecule has 8 nitrogen and oxygen atoms in total. The van der Waals surface area contributed by atoms with Crippen LogP contribution < -0.4 is 23.8 Å². The lowest BCUT2D eigenvalue weighted by Crippen LogP contribution is -2.25. The highest BCUT2D eigenvalue weighted by molar-refractivity contribution is 7.91. The number of fused-ring (bicyclic) bond motifs is 2. The lowest BCUT2D eigenvalue weighted by Gasteiger charge is -2.16. The van der Waals surface area contributed by atoms with Gasteiger partial charge in [0.05, 0.1) is 31.2 Å². The van der Waals surface area contributed by atoms with E-state index in [1.165, 1.54) is 25.2 Å². The number of nitrogens with zero attached hydrogens (tertiary/aromatic N) is 1. The van der Waals surface area contributed by atoms with Gasteiger partial charge in [-0.25, -0.2) is 8.42 Å². The van der Waals surface area contributed by atoms with Gasteiger partial charge in [0.2, 0.25) is 10.0 Å². The van der Waals surface area contributed by atoms with E-state index < -0.39 is 10.0 Å². The molecule has 3 aromatic carbocycles. The van der Waals surface area contributed by atoms with Crippen molar-refractivity contribution >= 4 is 27.3 Å². The number of ether oxygens (including phenoxy) is 3. The van der Waals surface area contributed by atoms with Crippen LogP contribution in [0.15, 0.2) is 60.7 Å². The van der Waals surface area contributed by atoms with Crippen molar-refractivity contribution < 1.29 is 27.4 Å². The first-order valence-electron chi connectivity index (χ1n) is 9.71. The van der Waals surface area contributed by atoms with Gasteiger partial charge >= 0.3 is 0 Å². The minimum absolute atomic E-state index is 0.259. The average molecular weight is 455 g/mol. The summed E-state index contributed by atoms with van der Waals surface area (Å²) in [5.74, 6) is 1.27. The van der Waals surface area contributed by atoms with E-state index in [0.717, 1.165) is 0 Å². The number of carbonyl (C=O) groups excluding carboxylic acids is 1. The molecule has 1 N–H and O–H groups in total. The SMILES string of the molecule is COc1ccc(CS(=O)(=O)Nc2ccc3c(c2)C(=O)N(C)c2ccccc2O3)cc1OC. The van der Waals surface area contributed by atoms with Gasteiger partial charge < -0.3 is 19.1 Å². The third-order valence-electron chi connectivity index (χ3n) is 5.04. The average Bonchev–Trinajstić information content (AvgIpc) is 2.88. The second kappa shape index (κ2) is 8.43. The summed E-state index contributed by atoms with van der Waals surface area (Å²) >= 11 is 0. The minimum Gasteiger partial charge on any atom is -0.493 e. The Hall–Kier alpha value is -3.72. The second-order valence-electron chi connectivity index (χ2n) is 7.20.